The number of benzene rings is 2. The zero-order valence-electron chi connectivity index (χ0n) is 23.0. The molecule has 0 N–H and O–H groups in total. The summed E-state index contributed by atoms with van der Waals surface area (Å²) in [5, 5.41) is 2.15. The van der Waals surface area contributed by atoms with Crippen LogP contribution in [-0.2, 0) is 7.05 Å². The Balaban J connectivity index is 1.59. The monoisotopic (exact) mass is 441 g/mol. The van der Waals surface area contributed by atoms with E-state index >= 15 is 0 Å². The average Bonchev–Trinajstić information content (AvgIpc) is 3.24. The summed E-state index contributed by atoms with van der Waals surface area (Å²) in [6.45, 7) is 2.11. The predicted molar refractivity (Wildman–Crippen MR) is 137 cm³/mol. The molecule has 0 bridgehead atoms. The van der Waals surface area contributed by atoms with Gasteiger partial charge in [0.1, 0.15) is 18.2 Å². The van der Waals surface area contributed by atoms with Gasteiger partial charge >= 0.3 is 0 Å². The Kier molecular flexibility index (Phi) is 4.66. The molecule has 2 saturated carbocycles. The minimum absolute atomic E-state index is 0.448. The summed E-state index contributed by atoms with van der Waals surface area (Å²) < 4.78 is 36.0. The second-order valence-corrected chi connectivity index (χ2v) is 10.1. The highest BCUT2D eigenvalue weighted by Gasteiger charge is 2.26. The van der Waals surface area contributed by atoms with E-state index in [1.54, 1.807) is 0 Å². The molecule has 33 heavy (non-hydrogen) atoms. The highest BCUT2D eigenvalue weighted by atomic mass is 16.3. The number of pyridine rings is 1. The van der Waals surface area contributed by atoms with Crippen molar-refractivity contribution < 1.29 is 13.1 Å². The van der Waals surface area contributed by atoms with Gasteiger partial charge < -0.3 is 4.42 Å². The van der Waals surface area contributed by atoms with Gasteiger partial charge in [-0.2, -0.15) is 0 Å². The molecular weight excluding hydrogens is 402 g/mol. The Morgan fingerprint density at radius 1 is 0.879 bits per heavy atom. The van der Waals surface area contributed by atoms with E-state index < -0.39 is 11.8 Å². The van der Waals surface area contributed by atoms with Crippen LogP contribution in [0.15, 0.2) is 53.1 Å². The molecular formula is C31H36NO+. The quantitative estimate of drug-likeness (QED) is 0.291. The van der Waals surface area contributed by atoms with Gasteiger partial charge in [0.2, 0.25) is 5.69 Å². The van der Waals surface area contributed by atoms with E-state index in [4.69, 9.17) is 5.79 Å². The third kappa shape index (κ3) is 3.68. The van der Waals surface area contributed by atoms with Gasteiger partial charge in [-0.25, -0.2) is 4.57 Å². The largest absolute Gasteiger partial charge is 0.455 e. The minimum Gasteiger partial charge on any atom is -0.455 e. The van der Waals surface area contributed by atoms with Gasteiger partial charge in [0.25, 0.3) is 0 Å². The Morgan fingerprint density at radius 3 is 2.33 bits per heavy atom. The molecule has 0 unspecified atom stereocenters. The first-order valence-electron chi connectivity index (χ1n) is 14.3. The molecule has 2 fully saturated rings. The van der Waals surface area contributed by atoms with Crippen molar-refractivity contribution in [1.82, 2.24) is 0 Å². The van der Waals surface area contributed by atoms with Crippen LogP contribution in [0.3, 0.4) is 0 Å². The lowest BCUT2D eigenvalue weighted by atomic mass is 9.83. The predicted octanol–water partition coefficient (Wildman–Crippen LogP) is 8.48. The summed E-state index contributed by atoms with van der Waals surface area (Å²) >= 11 is 0. The van der Waals surface area contributed by atoms with Gasteiger partial charge in [-0.3, -0.25) is 0 Å². The Bertz CT molecular complexity index is 1460. The highest BCUT2D eigenvalue weighted by Crippen LogP contribution is 2.43. The summed E-state index contributed by atoms with van der Waals surface area (Å²) in [5.41, 5.74) is 6.66. The van der Waals surface area contributed by atoms with Crippen molar-refractivity contribution in [3.05, 3.63) is 65.3 Å². The molecule has 2 nitrogen and oxygen atoms in total. The van der Waals surface area contributed by atoms with Crippen molar-refractivity contribution in [2.75, 3.05) is 0 Å². The summed E-state index contributed by atoms with van der Waals surface area (Å²) in [7, 11) is 1.99. The minimum atomic E-state index is -0.695. The van der Waals surface area contributed by atoms with Crippen molar-refractivity contribution in [3.63, 3.8) is 0 Å². The maximum atomic E-state index is 9.29. The van der Waals surface area contributed by atoms with Gasteiger partial charge in [-0.05, 0) is 61.1 Å². The number of nitrogens with zero attached hydrogens (tertiary/aromatic N) is 1. The fourth-order valence-electron chi connectivity index (χ4n) is 6.02. The molecule has 170 valence electrons. The number of aryl methyl sites for hydroxylation is 2. The van der Waals surface area contributed by atoms with Crippen molar-refractivity contribution in [2.45, 2.75) is 82.9 Å². The number of fused-ring (bicyclic) bond motifs is 3. The molecule has 2 heterocycles. The standard InChI is InChI=1S/C31H36NO/c1-21-16-17-27-26-15-9-14-25(23-12-7-4-8-13-23)30(26)33-31(27)29(21)28-20-24(18-19-32(28)2)22-10-5-3-6-11-22/h9,14-20,22-23H,3-8,10-13H2,1-2H3/q+1/i18D,22D,23D. The van der Waals surface area contributed by atoms with Crippen LogP contribution in [0.25, 0.3) is 33.2 Å². The molecule has 2 aliphatic rings. The second kappa shape index (κ2) is 8.63. The van der Waals surface area contributed by atoms with E-state index in [0.717, 1.165) is 101 Å². The summed E-state index contributed by atoms with van der Waals surface area (Å²) in [5.74, 6) is -1.29. The van der Waals surface area contributed by atoms with E-state index in [0.29, 0.717) is 6.04 Å². The van der Waals surface area contributed by atoms with Crippen LogP contribution in [0.5, 0.6) is 0 Å². The zero-order chi connectivity index (χ0) is 25.1. The lowest BCUT2D eigenvalue weighted by molar-refractivity contribution is -0.660. The average molecular weight is 442 g/mol. The smallest absolute Gasteiger partial charge is 0.216 e. The number of hydrogen-bond donors (Lipinski definition) is 0. The third-order valence-electron chi connectivity index (χ3n) is 7.88. The molecule has 0 amide bonds. The summed E-state index contributed by atoms with van der Waals surface area (Å²) in [4.78, 5) is 0. The normalized spacial score (nSPS) is 21.6. The number of rotatable bonds is 3. The van der Waals surface area contributed by atoms with E-state index in [9.17, 15) is 2.74 Å². The first-order chi connectivity index (χ1) is 17.3. The molecule has 0 spiro atoms. The van der Waals surface area contributed by atoms with Crippen LogP contribution in [0.2, 0.25) is 0 Å². The fourth-order valence-corrected chi connectivity index (χ4v) is 6.02. The topological polar surface area (TPSA) is 17.0 Å². The number of aromatic nitrogens is 1. The first kappa shape index (κ1) is 17.8. The number of hydrogen-bond acceptors (Lipinski definition) is 1. The molecule has 0 radical (unpaired) electrons. The van der Waals surface area contributed by atoms with Crippen molar-refractivity contribution in [2.24, 2.45) is 7.05 Å². The third-order valence-corrected chi connectivity index (χ3v) is 7.88. The van der Waals surface area contributed by atoms with E-state index in [1.165, 1.54) is 12.8 Å². The molecule has 2 heteroatoms. The second-order valence-electron chi connectivity index (χ2n) is 10.1. The number of furan rings is 1. The van der Waals surface area contributed by atoms with E-state index in [-0.39, 0.29) is 0 Å². The highest BCUT2D eigenvalue weighted by molar-refractivity contribution is 6.10. The molecule has 6 rings (SSSR count). The van der Waals surface area contributed by atoms with Gasteiger partial charge in [-0.1, -0.05) is 68.9 Å². The summed E-state index contributed by atoms with van der Waals surface area (Å²) in [6.07, 6.45) is 11.9. The van der Waals surface area contributed by atoms with Crippen molar-refractivity contribution >= 4 is 21.9 Å². The first-order valence-corrected chi connectivity index (χ1v) is 12.8. The SMILES string of the molecule is [2H]c1c[n+](C)c(-c2c(C)ccc3c2oc2c(C4([2H])CCCCC4)cccc23)cc1C1([2H])CCCCC1. The molecule has 0 saturated heterocycles. The van der Waals surface area contributed by atoms with Crippen LogP contribution in [0, 0.1) is 6.92 Å². The van der Waals surface area contributed by atoms with Crippen LogP contribution < -0.4 is 4.57 Å². The maximum Gasteiger partial charge on any atom is 0.216 e. The van der Waals surface area contributed by atoms with Crippen LogP contribution in [-0.4, -0.2) is 0 Å². The lowest BCUT2D eigenvalue weighted by Crippen LogP contribution is -2.31. The Labute approximate surface area is 201 Å². The molecule has 4 aromatic rings. The lowest BCUT2D eigenvalue weighted by Gasteiger charge is -2.22. The van der Waals surface area contributed by atoms with Gasteiger partial charge in [-0.15, -0.1) is 0 Å². The van der Waals surface area contributed by atoms with Crippen molar-refractivity contribution in [1.29, 1.82) is 0 Å². The molecule has 0 atom stereocenters. The molecule has 0 aliphatic heterocycles. The molecule has 2 aromatic carbocycles. The Morgan fingerprint density at radius 2 is 1.58 bits per heavy atom. The van der Waals surface area contributed by atoms with Crippen LogP contribution in [0.1, 0.15) is 96.8 Å². The van der Waals surface area contributed by atoms with Gasteiger partial charge in [0.15, 0.2) is 6.20 Å². The fraction of sp³-hybridized carbons (Fsp3) is 0.452. The summed E-state index contributed by atoms with van der Waals surface area (Å²) in [6, 6.07) is 13.1. The molecule has 2 aromatic heterocycles. The van der Waals surface area contributed by atoms with Crippen molar-refractivity contribution in [3.8, 4) is 11.3 Å². The van der Waals surface area contributed by atoms with Gasteiger partial charge in [0, 0.05) is 25.6 Å². The van der Waals surface area contributed by atoms with Crippen LogP contribution in [0.4, 0.5) is 0 Å². The van der Waals surface area contributed by atoms with Crippen LogP contribution >= 0.6 is 0 Å². The zero-order valence-corrected chi connectivity index (χ0v) is 20.0. The maximum absolute atomic E-state index is 9.29. The molecule has 2 aliphatic carbocycles. The Hall–Kier alpha value is -2.61. The van der Waals surface area contributed by atoms with E-state index in [2.05, 4.69) is 43.3 Å². The van der Waals surface area contributed by atoms with Gasteiger partial charge in [0.05, 0.1) is 6.93 Å². The van der Waals surface area contributed by atoms with E-state index in [1.807, 2.05) is 17.8 Å². The number of para-hydroxylation sites is 1.